The summed E-state index contributed by atoms with van der Waals surface area (Å²) in [6.45, 7) is 1.93. The first-order valence-electron chi connectivity index (χ1n) is 4.73. The Hall–Kier alpha value is -0.500. The summed E-state index contributed by atoms with van der Waals surface area (Å²) in [5.41, 5.74) is 0. The average molecular weight is 221 g/mol. The minimum Gasteiger partial charge on any atom is -0.632 e. The molecule has 0 aliphatic rings. The summed E-state index contributed by atoms with van der Waals surface area (Å²) >= 11 is 0. The van der Waals surface area contributed by atoms with Crippen molar-refractivity contribution in [3.8, 4) is 0 Å². The summed E-state index contributed by atoms with van der Waals surface area (Å²) < 4.78 is -0.910. The predicted octanol–water partition coefficient (Wildman–Crippen LogP) is -1.81. The normalized spacial score (nSPS) is 19.3. The summed E-state index contributed by atoms with van der Waals surface area (Å²) in [5.74, 6) is 0. The maximum atomic E-state index is 12.0. The molecule has 0 heterocycles. The van der Waals surface area contributed by atoms with Gasteiger partial charge in [0.25, 0.3) is 0 Å². The van der Waals surface area contributed by atoms with Gasteiger partial charge in [0.1, 0.15) is 25.3 Å². The van der Waals surface area contributed by atoms with Crippen LogP contribution in [-0.4, -0.2) is 70.1 Å². The Morgan fingerprint density at radius 2 is 1.53 bits per heavy atom. The number of hydrogen-bond acceptors (Lipinski definition) is 5. The molecule has 0 fully saturated rings. The molecule has 0 aromatic heterocycles. The molecule has 2 atom stereocenters. The highest BCUT2D eigenvalue weighted by molar-refractivity contribution is 4.69. The third-order valence-electron chi connectivity index (χ3n) is 1.97. The van der Waals surface area contributed by atoms with Crippen molar-refractivity contribution in [1.29, 1.82) is 0 Å². The Bertz CT molecular complexity index is 175. The number of nitrogens with zero attached hydrogens (tertiary/aromatic N) is 1. The Morgan fingerprint density at radius 1 is 1.13 bits per heavy atom. The molecule has 0 saturated carbocycles. The van der Waals surface area contributed by atoms with Gasteiger partial charge in [-0.15, -0.1) is 0 Å². The van der Waals surface area contributed by atoms with E-state index in [-0.39, 0.29) is 19.6 Å². The number of rotatable bonds is 8. The van der Waals surface area contributed by atoms with Crippen LogP contribution in [0.1, 0.15) is 0 Å². The van der Waals surface area contributed by atoms with Gasteiger partial charge in [0, 0.05) is 0 Å². The second kappa shape index (κ2) is 6.89. The fourth-order valence-electron chi connectivity index (χ4n) is 1.34. The zero-order valence-electron chi connectivity index (χ0n) is 8.62. The molecule has 0 rings (SSSR count). The fraction of sp³-hybridized carbons (Fsp3) is 0.778. The van der Waals surface area contributed by atoms with E-state index >= 15 is 0 Å². The molecule has 0 spiro atoms. The van der Waals surface area contributed by atoms with Crippen molar-refractivity contribution in [2.75, 3.05) is 32.8 Å². The van der Waals surface area contributed by atoms with Crippen LogP contribution >= 0.6 is 0 Å². The van der Waals surface area contributed by atoms with Crippen molar-refractivity contribution >= 4 is 0 Å². The molecule has 0 aliphatic heterocycles. The number of aliphatic hydroxyl groups excluding tert-OH is 4. The van der Waals surface area contributed by atoms with E-state index in [0.717, 1.165) is 0 Å². The smallest absolute Gasteiger partial charge is 0.126 e. The lowest BCUT2D eigenvalue weighted by atomic mass is 10.2. The summed E-state index contributed by atoms with van der Waals surface area (Å²) in [6.07, 6.45) is -0.886. The summed E-state index contributed by atoms with van der Waals surface area (Å²) in [4.78, 5) is 0. The van der Waals surface area contributed by atoms with Gasteiger partial charge >= 0.3 is 0 Å². The third-order valence-corrected chi connectivity index (χ3v) is 1.97. The van der Waals surface area contributed by atoms with Gasteiger partial charge < -0.3 is 30.3 Å². The van der Waals surface area contributed by atoms with Crippen LogP contribution in [0, 0.1) is 5.21 Å². The van der Waals surface area contributed by atoms with Crippen molar-refractivity contribution in [3.05, 3.63) is 17.9 Å². The largest absolute Gasteiger partial charge is 0.632 e. The standard InChI is InChI=1S/C9H19NO5/c1-2-3-10(15,4-8(13)6-11)5-9(14)7-12/h2,8-9,11-14H,1,3-7H2. The molecule has 4 N–H and O–H groups in total. The second-order valence-corrected chi connectivity index (χ2v) is 3.57. The summed E-state index contributed by atoms with van der Waals surface area (Å²) in [6, 6.07) is 0. The molecule has 15 heavy (non-hydrogen) atoms. The Morgan fingerprint density at radius 3 is 1.80 bits per heavy atom. The maximum Gasteiger partial charge on any atom is 0.126 e. The van der Waals surface area contributed by atoms with E-state index in [9.17, 15) is 5.21 Å². The topological polar surface area (TPSA) is 104 Å². The SMILES string of the molecule is C=CC[N+]([O-])(CC(O)CO)CC(O)CO. The first kappa shape index (κ1) is 14.5. The molecular formula is C9H19NO5. The predicted molar refractivity (Wildman–Crippen MR) is 54.6 cm³/mol. The highest BCUT2D eigenvalue weighted by atomic mass is 16.5. The zero-order valence-corrected chi connectivity index (χ0v) is 8.62. The first-order valence-corrected chi connectivity index (χ1v) is 4.73. The van der Waals surface area contributed by atoms with Crippen molar-refractivity contribution in [1.82, 2.24) is 0 Å². The van der Waals surface area contributed by atoms with E-state index in [0.29, 0.717) is 0 Å². The van der Waals surface area contributed by atoms with Crippen LogP contribution in [0.4, 0.5) is 0 Å². The lowest BCUT2D eigenvalue weighted by molar-refractivity contribution is -0.881. The van der Waals surface area contributed by atoms with Crippen molar-refractivity contribution in [3.63, 3.8) is 0 Å². The van der Waals surface area contributed by atoms with Crippen LogP contribution in [0.25, 0.3) is 0 Å². The maximum absolute atomic E-state index is 12.0. The van der Waals surface area contributed by atoms with Gasteiger partial charge in [0.15, 0.2) is 0 Å². The van der Waals surface area contributed by atoms with E-state index in [1.807, 2.05) is 0 Å². The number of hydrogen-bond donors (Lipinski definition) is 4. The molecule has 0 aromatic rings. The van der Waals surface area contributed by atoms with E-state index in [4.69, 9.17) is 20.4 Å². The molecule has 0 radical (unpaired) electrons. The van der Waals surface area contributed by atoms with Crippen molar-refractivity contribution in [2.45, 2.75) is 12.2 Å². The highest BCUT2D eigenvalue weighted by Gasteiger charge is 2.23. The van der Waals surface area contributed by atoms with Crippen LogP contribution < -0.4 is 0 Å². The summed E-state index contributed by atoms with van der Waals surface area (Å²) in [7, 11) is 0. The monoisotopic (exact) mass is 221 g/mol. The molecule has 2 unspecified atom stereocenters. The molecule has 0 bridgehead atoms. The van der Waals surface area contributed by atoms with E-state index in [2.05, 4.69) is 6.58 Å². The van der Waals surface area contributed by atoms with Crippen LogP contribution in [0.5, 0.6) is 0 Å². The van der Waals surface area contributed by atoms with Crippen LogP contribution in [0.2, 0.25) is 0 Å². The number of hydroxylamine groups is 3. The Labute approximate surface area is 88.9 Å². The molecule has 0 amide bonds. The van der Waals surface area contributed by atoms with Crippen LogP contribution in [-0.2, 0) is 0 Å². The van der Waals surface area contributed by atoms with Gasteiger partial charge in [-0.25, -0.2) is 0 Å². The minimum atomic E-state index is -1.13. The van der Waals surface area contributed by atoms with Gasteiger partial charge in [0.05, 0.1) is 19.8 Å². The van der Waals surface area contributed by atoms with E-state index in [1.165, 1.54) is 6.08 Å². The van der Waals surface area contributed by atoms with E-state index < -0.39 is 30.1 Å². The molecule has 6 nitrogen and oxygen atoms in total. The fourth-order valence-corrected chi connectivity index (χ4v) is 1.34. The number of aliphatic hydroxyl groups is 4. The van der Waals surface area contributed by atoms with Crippen LogP contribution in [0.15, 0.2) is 12.7 Å². The third kappa shape index (κ3) is 5.83. The number of quaternary nitrogens is 1. The van der Waals surface area contributed by atoms with Crippen LogP contribution in [0.3, 0.4) is 0 Å². The Kier molecular flexibility index (Phi) is 6.66. The highest BCUT2D eigenvalue weighted by Crippen LogP contribution is 2.08. The van der Waals surface area contributed by atoms with Gasteiger partial charge in [-0.3, -0.25) is 0 Å². The first-order chi connectivity index (χ1) is 6.97. The second-order valence-electron chi connectivity index (χ2n) is 3.57. The Balaban J connectivity index is 4.36. The lowest BCUT2D eigenvalue weighted by Crippen LogP contribution is -2.52. The molecule has 6 heteroatoms. The molecule has 0 aromatic carbocycles. The van der Waals surface area contributed by atoms with Gasteiger partial charge in [-0.05, 0) is 6.08 Å². The van der Waals surface area contributed by atoms with Crippen molar-refractivity contribution in [2.24, 2.45) is 0 Å². The van der Waals surface area contributed by atoms with Crippen molar-refractivity contribution < 1.29 is 25.1 Å². The molecule has 90 valence electrons. The quantitative estimate of drug-likeness (QED) is 0.220. The molecule has 0 aliphatic carbocycles. The zero-order chi connectivity index (χ0) is 11.9. The van der Waals surface area contributed by atoms with Gasteiger partial charge in [0.2, 0.25) is 0 Å². The molecule has 0 saturated heterocycles. The van der Waals surface area contributed by atoms with E-state index in [1.54, 1.807) is 0 Å². The minimum absolute atomic E-state index is 0.00806. The molecular weight excluding hydrogens is 202 g/mol. The lowest BCUT2D eigenvalue weighted by Gasteiger charge is -2.44. The average Bonchev–Trinajstić information content (AvgIpc) is 2.17. The summed E-state index contributed by atoms with van der Waals surface area (Å²) in [5, 5.41) is 47.5. The van der Waals surface area contributed by atoms with Gasteiger partial charge in [-0.1, -0.05) is 6.58 Å². The van der Waals surface area contributed by atoms with Gasteiger partial charge in [-0.2, -0.15) is 0 Å².